The van der Waals surface area contributed by atoms with E-state index in [2.05, 4.69) is 4.74 Å². The number of rotatable bonds is 6. The van der Waals surface area contributed by atoms with Crippen LogP contribution in [0, 0.1) is 29.1 Å². The summed E-state index contributed by atoms with van der Waals surface area (Å²) in [7, 11) is 3.39. The molecule has 5 rings (SSSR count). The van der Waals surface area contributed by atoms with Crippen molar-refractivity contribution in [2.45, 2.75) is 0 Å². The van der Waals surface area contributed by atoms with Gasteiger partial charge in [0.1, 0.15) is 17.2 Å². The van der Waals surface area contributed by atoms with Crippen molar-refractivity contribution in [3.63, 3.8) is 0 Å². The second-order valence-corrected chi connectivity index (χ2v) is 8.34. The van der Waals surface area contributed by atoms with Crippen LogP contribution in [0.4, 0.5) is 22.0 Å². The molecule has 1 aliphatic heterocycles. The summed E-state index contributed by atoms with van der Waals surface area (Å²) in [6.07, 6.45) is 3.38. The highest BCUT2D eigenvalue weighted by atomic mass is 19.2. The summed E-state index contributed by atoms with van der Waals surface area (Å²) >= 11 is 0. The van der Waals surface area contributed by atoms with Crippen LogP contribution in [-0.2, 0) is 11.8 Å². The molecule has 0 aliphatic carbocycles. The third kappa shape index (κ3) is 4.54. The fourth-order valence-corrected chi connectivity index (χ4v) is 4.02. The smallest absolute Gasteiger partial charge is 0.349 e. The van der Waals surface area contributed by atoms with Crippen molar-refractivity contribution in [2.75, 3.05) is 13.7 Å². The third-order valence-electron chi connectivity index (χ3n) is 5.89. The van der Waals surface area contributed by atoms with E-state index in [1.165, 1.54) is 25.3 Å². The fourth-order valence-electron chi connectivity index (χ4n) is 4.02. The first kappa shape index (κ1) is 25.8. The largest absolute Gasteiger partial charge is 0.497 e. The molecule has 7 nitrogen and oxygen atoms in total. The van der Waals surface area contributed by atoms with Crippen molar-refractivity contribution in [1.29, 1.82) is 0 Å². The molecule has 0 atom stereocenters. The molecule has 200 valence electrons. The number of benzene rings is 3. The molecule has 0 N–H and O–H groups in total. The molecule has 0 saturated carbocycles. The lowest BCUT2D eigenvalue weighted by Gasteiger charge is -2.10. The van der Waals surface area contributed by atoms with Gasteiger partial charge in [0.2, 0.25) is 34.9 Å². The number of fused-ring (bicyclic) bond motifs is 2. The minimum absolute atomic E-state index is 0.0124. The van der Waals surface area contributed by atoms with Crippen molar-refractivity contribution >= 4 is 28.7 Å². The summed E-state index contributed by atoms with van der Waals surface area (Å²) in [4.78, 5) is 25.0. The second kappa shape index (κ2) is 9.78. The number of halogens is 5. The van der Waals surface area contributed by atoms with Gasteiger partial charge in [-0.15, -0.1) is 0 Å². The molecule has 2 heterocycles. The van der Waals surface area contributed by atoms with Gasteiger partial charge in [0, 0.05) is 35.8 Å². The zero-order chi connectivity index (χ0) is 28.0. The maximum Gasteiger partial charge on any atom is 0.349 e. The molecule has 1 aliphatic rings. The molecule has 0 spiro atoms. The van der Waals surface area contributed by atoms with Crippen LogP contribution >= 0.6 is 0 Å². The van der Waals surface area contributed by atoms with Gasteiger partial charge >= 0.3 is 5.97 Å². The summed E-state index contributed by atoms with van der Waals surface area (Å²) in [5.41, 5.74) is 1.78. The first-order valence-electron chi connectivity index (χ1n) is 11.1. The Labute approximate surface area is 216 Å². The number of aromatic nitrogens is 1. The van der Waals surface area contributed by atoms with E-state index in [1.54, 1.807) is 6.08 Å². The van der Waals surface area contributed by atoms with Crippen LogP contribution < -0.4 is 18.9 Å². The normalized spacial score (nSPS) is 13.5. The number of carbonyl (C=O) groups is 2. The molecule has 0 amide bonds. The number of methoxy groups -OCH3 is 1. The molecular formula is C27H16F5NO6. The van der Waals surface area contributed by atoms with Gasteiger partial charge in [-0.2, -0.15) is 8.78 Å². The van der Waals surface area contributed by atoms with Crippen molar-refractivity contribution in [2.24, 2.45) is 7.05 Å². The van der Waals surface area contributed by atoms with Crippen LogP contribution in [-0.4, -0.2) is 30.0 Å². The van der Waals surface area contributed by atoms with Crippen LogP contribution in [0.5, 0.6) is 23.0 Å². The highest BCUT2D eigenvalue weighted by molar-refractivity contribution is 6.15. The van der Waals surface area contributed by atoms with Gasteiger partial charge in [0.05, 0.1) is 12.7 Å². The number of hydrogen-bond donors (Lipinski definition) is 0. The van der Waals surface area contributed by atoms with Crippen molar-refractivity contribution < 1.29 is 50.5 Å². The maximum absolute atomic E-state index is 13.7. The van der Waals surface area contributed by atoms with E-state index < -0.39 is 53.2 Å². The maximum atomic E-state index is 13.7. The number of allylic oxidation sites excluding steroid dienone is 1. The predicted octanol–water partition coefficient (Wildman–Crippen LogP) is 5.48. The number of ketones is 1. The van der Waals surface area contributed by atoms with Gasteiger partial charge in [-0.3, -0.25) is 4.79 Å². The Morgan fingerprint density at radius 3 is 2.31 bits per heavy atom. The molecule has 12 heteroatoms. The van der Waals surface area contributed by atoms with E-state index in [-0.39, 0.29) is 22.8 Å². The molecule has 0 radical (unpaired) electrons. The van der Waals surface area contributed by atoms with Crippen LogP contribution in [0.15, 0.2) is 48.4 Å². The van der Waals surface area contributed by atoms with Crippen molar-refractivity contribution in [3.05, 3.63) is 88.6 Å². The quantitative estimate of drug-likeness (QED) is 0.0798. The SMILES string of the molecule is COc1ccc2c(c1)c(/C=C1\Oc3cc(OC(=O)COc4c(F)c(F)c(F)c(F)c4F)ccc3C1=O)cn2C. The molecule has 3 aromatic carbocycles. The van der Waals surface area contributed by atoms with Crippen LogP contribution in [0.3, 0.4) is 0 Å². The molecule has 0 fully saturated rings. The number of Topliss-reactive ketones (excluding diaryl/α,β-unsaturated/α-hetero) is 1. The third-order valence-corrected chi connectivity index (χ3v) is 5.89. The molecule has 1 aromatic heterocycles. The van der Waals surface area contributed by atoms with Gasteiger partial charge in [-0.05, 0) is 36.4 Å². The fraction of sp³-hybridized carbons (Fsp3) is 0.111. The summed E-state index contributed by atoms with van der Waals surface area (Å²) < 4.78 is 89.5. The summed E-state index contributed by atoms with van der Waals surface area (Å²) in [6.45, 7) is -1.18. The topological polar surface area (TPSA) is 76.0 Å². The Bertz CT molecular complexity index is 1680. The highest BCUT2D eigenvalue weighted by Crippen LogP contribution is 2.36. The molecular weight excluding hydrogens is 529 g/mol. The lowest BCUT2D eigenvalue weighted by Crippen LogP contribution is -2.19. The predicted molar refractivity (Wildman–Crippen MR) is 126 cm³/mol. The average Bonchev–Trinajstić information content (AvgIpc) is 3.40. The summed E-state index contributed by atoms with van der Waals surface area (Å²) in [5.74, 6) is -13.9. The molecule has 0 bridgehead atoms. The lowest BCUT2D eigenvalue weighted by molar-refractivity contribution is -0.136. The van der Waals surface area contributed by atoms with Crippen LogP contribution in [0.25, 0.3) is 17.0 Å². The van der Waals surface area contributed by atoms with Gasteiger partial charge in [-0.1, -0.05) is 0 Å². The Kier molecular flexibility index (Phi) is 6.46. The summed E-state index contributed by atoms with van der Waals surface area (Å²) in [6, 6.07) is 9.35. The molecule has 0 unspecified atom stereocenters. The first-order chi connectivity index (χ1) is 18.6. The molecule has 4 aromatic rings. The van der Waals surface area contributed by atoms with E-state index in [0.29, 0.717) is 11.3 Å². The van der Waals surface area contributed by atoms with Gasteiger partial charge < -0.3 is 23.5 Å². The highest BCUT2D eigenvalue weighted by Gasteiger charge is 2.30. The molecule has 39 heavy (non-hydrogen) atoms. The van der Waals surface area contributed by atoms with E-state index >= 15 is 0 Å². The number of esters is 1. The zero-order valence-corrected chi connectivity index (χ0v) is 20.1. The lowest BCUT2D eigenvalue weighted by atomic mass is 10.1. The van der Waals surface area contributed by atoms with Crippen LogP contribution in [0.2, 0.25) is 0 Å². The van der Waals surface area contributed by atoms with E-state index in [9.17, 15) is 31.5 Å². The minimum Gasteiger partial charge on any atom is -0.497 e. The molecule has 0 saturated heterocycles. The Hall–Kier alpha value is -4.87. The second-order valence-electron chi connectivity index (χ2n) is 8.34. The first-order valence-corrected chi connectivity index (χ1v) is 11.1. The summed E-state index contributed by atoms with van der Waals surface area (Å²) in [5, 5.41) is 0.820. The number of aryl methyl sites for hydroxylation is 1. The number of ether oxygens (including phenoxy) is 4. The minimum atomic E-state index is -2.36. The van der Waals surface area contributed by atoms with Gasteiger partial charge in [0.15, 0.2) is 18.1 Å². The van der Waals surface area contributed by atoms with Crippen molar-refractivity contribution in [3.8, 4) is 23.0 Å². The Morgan fingerprint density at radius 2 is 1.62 bits per heavy atom. The number of hydrogen-bond acceptors (Lipinski definition) is 6. The zero-order valence-electron chi connectivity index (χ0n) is 20.1. The van der Waals surface area contributed by atoms with Gasteiger partial charge in [0.25, 0.3) is 0 Å². The van der Waals surface area contributed by atoms with E-state index in [1.807, 2.05) is 36.0 Å². The average molecular weight is 545 g/mol. The monoisotopic (exact) mass is 545 g/mol. The van der Waals surface area contributed by atoms with E-state index in [0.717, 1.165) is 10.9 Å². The van der Waals surface area contributed by atoms with Gasteiger partial charge in [-0.25, -0.2) is 18.0 Å². The Balaban J connectivity index is 1.32. The number of nitrogens with zero attached hydrogens (tertiary/aromatic N) is 1. The Morgan fingerprint density at radius 1 is 0.949 bits per heavy atom. The van der Waals surface area contributed by atoms with Crippen LogP contribution in [0.1, 0.15) is 15.9 Å². The van der Waals surface area contributed by atoms with Crippen molar-refractivity contribution in [1.82, 2.24) is 4.57 Å². The van der Waals surface area contributed by atoms with E-state index in [4.69, 9.17) is 14.2 Å². The number of carbonyl (C=O) groups excluding carboxylic acids is 2. The standard InChI is InChI=1S/C27H16F5NO6/c1-33-10-12(16-8-13(36-2)4-6-17(16)33)7-19-26(35)15-5-3-14(9-18(15)39-19)38-20(34)11-37-27-24(31)22(29)21(28)23(30)25(27)32/h3-10H,11H2,1-2H3/b19-7-.